The van der Waals surface area contributed by atoms with Crippen molar-refractivity contribution in [3.63, 3.8) is 0 Å². The van der Waals surface area contributed by atoms with Gasteiger partial charge in [0.1, 0.15) is 5.58 Å². The molecule has 73 heavy (non-hydrogen) atoms. The maximum absolute atomic E-state index is 7.68. The van der Waals surface area contributed by atoms with E-state index in [4.69, 9.17) is 4.42 Å². The fourth-order valence-electron chi connectivity index (χ4n) is 12.4. The highest BCUT2D eigenvalue weighted by molar-refractivity contribution is 7.00. The third-order valence-electron chi connectivity index (χ3n) is 16.6. The minimum absolute atomic E-state index is 0.00193. The van der Waals surface area contributed by atoms with Gasteiger partial charge in [0.25, 0.3) is 6.71 Å². The van der Waals surface area contributed by atoms with Gasteiger partial charge in [-0.25, -0.2) is 0 Å². The average Bonchev–Trinajstić information content (AvgIpc) is 3.74. The molecule has 8 aromatic carbocycles. The summed E-state index contributed by atoms with van der Waals surface area (Å²) < 4.78 is 7.68. The molecular formula is C68H68BN3O. The Morgan fingerprint density at radius 3 is 1.58 bits per heavy atom. The van der Waals surface area contributed by atoms with E-state index in [0.29, 0.717) is 0 Å². The predicted molar refractivity (Wildman–Crippen MR) is 313 cm³/mol. The Bertz CT molecular complexity index is 3550. The Morgan fingerprint density at radius 1 is 0.493 bits per heavy atom. The molecule has 4 nitrogen and oxygen atoms in total. The minimum atomic E-state index is -0.204. The van der Waals surface area contributed by atoms with Crippen LogP contribution in [0.4, 0.5) is 51.2 Å². The summed E-state index contributed by atoms with van der Waals surface area (Å²) in [4.78, 5) is 7.61. The van der Waals surface area contributed by atoms with Gasteiger partial charge in [-0.15, -0.1) is 0 Å². The standard InChI is InChI=1S/C68H68BN3O/c1-43-36-48(66(6,7)8)37-44(2)62(43)72-57-33-30-47(65(3,4)5)38-56(57)69-61-58(39-52(40-59(61)72)70(49-24-18-14-19-25-49)50-26-20-15-21-27-50)71(51-31-28-46(29-32-51)45-22-16-13-17-23-45)63-53-41-54-55(42-60(53)73-64(63)69)68(11,12)35-34-67(54,9)10/h13-33,36-42H,34-35H2,1-12H3. The molecule has 0 radical (unpaired) electrons. The number of nitrogens with zero attached hydrogens (tertiary/aromatic N) is 3. The van der Waals surface area contributed by atoms with Gasteiger partial charge in [-0.3, -0.25) is 0 Å². The Hall–Kier alpha value is -7.24. The Balaban J connectivity index is 1.24. The second-order valence-electron chi connectivity index (χ2n) is 24.6. The van der Waals surface area contributed by atoms with Gasteiger partial charge in [-0.2, -0.15) is 0 Å². The lowest BCUT2D eigenvalue weighted by atomic mass is 9.35. The second-order valence-corrected chi connectivity index (χ2v) is 24.6. The molecule has 0 spiro atoms. The maximum Gasteiger partial charge on any atom is 0.297 e. The monoisotopic (exact) mass is 954 g/mol. The summed E-state index contributed by atoms with van der Waals surface area (Å²) in [5.74, 6) is 0. The molecule has 12 rings (SSSR count). The zero-order valence-electron chi connectivity index (χ0n) is 44.9. The maximum atomic E-state index is 7.68. The Morgan fingerprint density at radius 2 is 1.01 bits per heavy atom. The molecule has 0 unspecified atom stereocenters. The molecule has 0 amide bonds. The molecule has 5 heteroatoms. The number of aryl methyl sites for hydroxylation is 2. The molecule has 0 N–H and O–H groups in total. The van der Waals surface area contributed by atoms with Crippen molar-refractivity contribution >= 4 is 85.5 Å². The van der Waals surface area contributed by atoms with E-state index in [1.54, 1.807) is 0 Å². The summed E-state index contributed by atoms with van der Waals surface area (Å²) in [6, 6.07) is 63.8. The van der Waals surface area contributed by atoms with Gasteiger partial charge in [-0.1, -0.05) is 172 Å². The van der Waals surface area contributed by atoms with Crippen molar-refractivity contribution in [1.82, 2.24) is 0 Å². The van der Waals surface area contributed by atoms with E-state index in [9.17, 15) is 0 Å². The Kier molecular flexibility index (Phi) is 10.7. The Labute approximate surface area is 434 Å². The van der Waals surface area contributed by atoms with Crippen LogP contribution >= 0.6 is 0 Å². The number of benzene rings is 8. The first-order valence-corrected chi connectivity index (χ1v) is 26.5. The molecule has 3 heterocycles. The SMILES string of the molecule is Cc1cc(C(C)(C)C)cc(C)c1N1c2ccc(C(C)(C)C)cc2B2c3oc4cc5c(cc4c3N(c3ccc(-c4ccccc4)cc3)c3cc(N(c4ccccc4)c4ccccc4)cc1c32)C(C)(C)CCC5(C)C. The lowest BCUT2D eigenvalue weighted by molar-refractivity contribution is 0.332. The van der Waals surface area contributed by atoms with Gasteiger partial charge in [0.05, 0.1) is 22.7 Å². The van der Waals surface area contributed by atoms with Crippen LogP contribution < -0.4 is 31.3 Å². The van der Waals surface area contributed by atoms with Gasteiger partial charge in [-0.05, 0) is 171 Å². The van der Waals surface area contributed by atoms with Crippen LogP contribution in [0.25, 0.3) is 22.1 Å². The largest absolute Gasteiger partial charge is 0.468 e. The van der Waals surface area contributed by atoms with Gasteiger partial charge in [0.15, 0.2) is 0 Å². The average molecular weight is 954 g/mol. The van der Waals surface area contributed by atoms with Crippen LogP contribution in [0, 0.1) is 13.8 Å². The molecule has 0 saturated carbocycles. The van der Waals surface area contributed by atoms with Crippen LogP contribution in [0.1, 0.15) is 115 Å². The van der Waals surface area contributed by atoms with Gasteiger partial charge < -0.3 is 19.1 Å². The molecular weight excluding hydrogens is 886 g/mol. The van der Waals surface area contributed by atoms with E-state index in [2.05, 4.69) is 268 Å². The summed E-state index contributed by atoms with van der Waals surface area (Å²) in [6.07, 6.45) is 2.26. The zero-order valence-corrected chi connectivity index (χ0v) is 44.9. The van der Waals surface area contributed by atoms with Crippen LogP contribution in [0.5, 0.6) is 0 Å². The van der Waals surface area contributed by atoms with Crippen LogP contribution in [0.15, 0.2) is 174 Å². The van der Waals surface area contributed by atoms with E-state index in [1.807, 2.05) is 0 Å². The number of anilines is 9. The number of rotatable bonds is 6. The lowest BCUT2D eigenvalue weighted by Gasteiger charge is -2.44. The van der Waals surface area contributed by atoms with Gasteiger partial charge in [0.2, 0.25) is 0 Å². The highest BCUT2D eigenvalue weighted by Crippen LogP contribution is 2.54. The molecule has 0 fully saturated rings. The van der Waals surface area contributed by atoms with E-state index in [0.717, 1.165) is 69.3 Å². The van der Waals surface area contributed by atoms with E-state index >= 15 is 0 Å². The third-order valence-corrected chi connectivity index (χ3v) is 16.6. The van der Waals surface area contributed by atoms with Gasteiger partial charge >= 0.3 is 0 Å². The number of fused-ring (bicyclic) bond motifs is 7. The van der Waals surface area contributed by atoms with Crippen molar-refractivity contribution in [1.29, 1.82) is 0 Å². The highest BCUT2D eigenvalue weighted by atomic mass is 16.3. The van der Waals surface area contributed by atoms with Gasteiger partial charge in [0, 0.05) is 39.5 Å². The number of furan rings is 1. The number of para-hydroxylation sites is 2. The molecule has 0 atom stereocenters. The van der Waals surface area contributed by atoms with Crippen molar-refractivity contribution in [2.24, 2.45) is 0 Å². The van der Waals surface area contributed by atoms with E-state index in [-0.39, 0.29) is 28.4 Å². The number of hydrogen-bond acceptors (Lipinski definition) is 4. The quantitative estimate of drug-likeness (QED) is 0.155. The molecule has 2 aliphatic heterocycles. The third kappa shape index (κ3) is 7.64. The zero-order chi connectivity index (χ0) is 50.9. The summed E-state index contributed by atoms with van der Waals surface area (Å²) in [7, 11) is 0. The topological polar surface area (TPSA) is 22.9 Å². The summed E-state index contributed by atoms with van der Waals surface area (Å²) in [6.45, 7) is 28.1. The normalized spacial score (nSPS) is 15.4. The van der Waals surface area contributed by atoms with Crippen molar-refractivity contribution in [2.75, 3.05) is 14.7 Å². The van der Waals surface area contributed by atoms with Crippen LogP contribution in [0.3, 0.4) is 0 Å². The van der Waals surface area contributed by atoms with Crippen molar-refractivity contribution in [3.8, 4) is 11.1 Å². The fourth-order valence-corrected chi connectivity index (χ4v) is 12.4. The van der Waals surface area contributed by atoms with Crippen LogP contribution in [-0.2, 0) is 21.7 Å². The van der Waals surface area contributed by atoms with Crippen molar-refractivity contribution < 1.29 is 4.42 Å². The first-order valence-electron chi connectivity index (χ1n) is 26.5. The van der Waals surface area contributed by atoms with E-state index < -0.39 is 0 Å². The molecule has 9 aromatic rings. The predicted octanol–water partition coefficient (Wildman–Crippen LogP) is 17.2. The molecule has 0 bridgehead atoms. The van der Waals surface area contributed by atoms with E-state index in [1.165, 1.54) is 66.8 Å². The summed E-state index contributed by atoms with van der Waals surface area (Å²) in [5, 5.41) is 1.16. The molecule has 3 aliphatic rings. The highest BCUT2D eigenvalue weighted by Gasteiger charge is 2.49. The van der Waals surface area contributed by atoms with Crippen molar-refractivity contribution in [3.05, 3.63) is 203 Å². The van der Waals surface area contributed by atoms with Crippen LogP contribution in [-0.4, -0.2) is 6.71 Å². The molecule has 1 aromatic heterocycles. The lowest BCUT2D eigenvalue weighted by Crippen LogP contribution is -2.61. The first kappa shape index (κ1) is 46.8. The fraction of sp³-hybridized carbons (Fsp3) is 0.265. The molecule has 1 aliphatic carbocycles. The van der Waals surface area contributed by atoms with Crippen molar-refractivity contribution in [2.45, 2.75) is 118 Å². The minimum Gasteiger partial charge on any atom is -0.468 e. The smallest absolute Gasteiger partial charge is 0.297 e. The first-order chi connectivity index (χ1) is 34.8. The summed E-state index contributed by atoms with van der Waals surface area (Å²) in [5.41, 5.74) is 24.9. The van der Waals surface area contributed by atoms with Crippen LogP contribution in [0.2, 0.25) is 0 Å². The molecule has 0 saturated heterocycles. The molecule has 364 valence electrons. The number of hydrogen-bond donors (Lipinski definition) is 0. The summed E-state index contributed by atoms with van der Waals surface area (Å²) >= 11 is 0. The second kappa shape index (κ2) is 16.6.